The first kappa shape index (κ1) is 17.5. The molecule has 4 rings (SSSR count). The number of nitrogens with one attached hydrogen (secondary N) is 1. The van der Waals surface area contributed by atoms with E-state index in [0.717, 1.165) is 25.0 Å². The highest BCUT2D eigenvalue weighted by Crippen LogP contribution is 2.52. The third-order valence-electron chi connectivity index (χ3n) is 5.12. The topological polar surface area (TPSA) is 77.1 Å². The van der Waals surface area contributed by atoms with Crippen molar-refractivity contribution in [2.75, 3.05) is 33.1 Å². The van der Waals surface area contributed by atoms with E-state index >= 15 is 0 Å². The maximum absolute atomic E-state index is 13.1. The molecule has 3 heterocycles. The summed E-state index contributed by atoms with van der Waals surface area (Å²) in [6, 6.07) is 3.21. The molecule has 0 bridgehead atoms. The Kier molecular flexibility index (Phi) is 4.71. The SMILES string of the molecule is COc1ccc2c(c1OC)C(=O)N1[C@H](C(=O)NC[C@@H]3CCCO3)CS[C@@H]21. The molecule has 2 amide bonds. The summed E-state index contributed by atoms with van der Waals surface area (Å²) >= 11 is 1.60. The van der Waals surface area contributed by atoms with Crippen molar-refractivity contribution >= 4 is 23.6 Å². The largest absolute Gasteiger partial charge is 0.493 e. The molecule has 3 aliphatic heterocycles. The van der Waals surface area contributed by atoms with E-state index < -0.39 is 6.04 Å². The van der Waals surface area contributed by atoms with E-state index in [9.17, 15) is 9.59 Å². The van der Waals surface area contributed by atoms with Gasteiger partial charge in [0.15, 0.2) is 11.5 Å². The summed E-state index contributed by atoms with van der Waals surface area (Å²) in [7, 11) is 3.06. The summed E-state index contributed by atoms with van der Waals surface area (Å²) in [5, 5.41) is 2.79. The van der Waals surface area contributed by atoms with Crippen LogP contribution in [-0.2, 0) is 9.53 Å². The van der Waals surface area contributed by atoms with E-state index in [4.69, 9.17) is 14.2 Å². The van der Waals surface area contributed by atoms with E-state index in [2.05, 4.69) is 5.32 Å². The molecule has 3 aliphatic rings. The molecule has 140 valence electrons. The molecule has 0 aromatic heterocycles. The summed E-state index contributed by atoms with van der Waals surface area (Å²) in [5.41, 5.74) is 1.38. The van der Waals surface area contributed by atoms with E-state index in [0.29, 0.717) is 29.4 Å². The molecule has 0 spiro atoms. The molecule has 1 aromatic carbocycles. The fourth-order valence-electron chi connectivity index (χ4n) is 3.83. The maximum atomic E-state index is 13.1. The van der Waals surface area contributed by atoms with Crippen LogP contribution in [0.2, 0.25) is 0 Å². The van der Waals surface area contributed by atoms with Crippen molar-refractivity contribution in [2.24, 2.45) is 0 Å². The summed E-state index contributed by atoms with van der Waals surface area (Å²) in [6.45, 7) is 1.25. The second-order valence-electron chi connectivity index (χ2n) is 6.56. The first-order chi connectivity index (χ1) is 12.7. The van der Waals surface area contributed by atoms with Gasteiger partial charge in [-0.15, -0.1) is 11.8 Å². The Morgan fingerprint density at radius 2 is 2.23 bits per heavy atom. The molecule has 2 fully saturated rings. The third kappa shape index (κ3) is 2.72. The predicted molar refractivity (Wildman–Crippen MR) is 96.7 cm³/mol. The molecule has 2 saturated heterocycles. The lowest BCUT2D eigenvalue weighted by atomic mass is 10.1. The Balaban J connectivity index is 1.54. The van der Waals surface area contributed by atoms with Crippen LogP contribution in [0.3, 0.4) is 0 Å². The second-order valence-corrected chi connectivity index (χ2v) is 7.67. The Hall–Kier alpha value is -1.93. The number of rotatable bonds is 5. The van der Waals surface area contributed by atoms with Crippen LogP contribution in [0.4, 0.5) is 0 Å². The van der Waals surface area contributed by atoms with Gasteiger partial charge in [-0.1, -0.05) is 6.07 Å². The van der Waals surface area contributed by atoms with Gasteiger partial charge in [-0.2, -0.15) is 0 Å². The molecule has 26 heavy (non-hydrogen) atoms. The number of fused-ring (bicyclic) bond motifs is 3. The zero-order valence-corrected chi connectivity index (χ0v) is 15.6. The van der Waals surface area contributed by atoms with E-state index in [1.54, 1.807) is 29.8 Å². The number of methoxy groups -OCH3 is 2. The number of hydrogen-bond donors (Lipinski definition) is 1. The van der Waals surface area contributed by atoms with Crippen LogP contribution in [-0.4, -0.2) is 62.0 Å². The van der Waals surface area contributed by atoms with Crippen molar-refractivity contribution < 1.29 is 23.8 Å². The van der Waals surface area contributed by atoms with Gasteiger partial charge in [0.25, 0.3) is 5.91 Å². The van der Waals surface area contributed by atoms with Gasteiger partial charge in [-0.3, -0.25) is 9.59 Å². The average Bonchev–Trinajstić information content (AvgIpc) is 3.37. The summed E-state index contributed by atoms with van der Waals surface area (Å²) in [4.78, 5) is 27.4. The summed E-state index contributed by atoms with van der Waals surface area (Å²) < 4.78 is 16.3. The first-order valence-corrected chi connectivity index (χ1v) is 9.79. The number of nitrogens with zero attached hydrogens (tertiary/aromatic N) is 1. The number of ether oxygens (including phenoxy) is 3. The lowest BCUT2D eigenvalue weighted by Gasteiger charge is -2.23. The van der Waals surface area contributed by atoms with Crippen molar-refractivity contribution in [3.8, 4) is 11.5 Å². The number of hydrogen-bond acceptors (Lipinski definition) is 6. The smallest absolute Gasteiger partial charge is 0.260 e. The Morgan fingerprint density at radius 3 is 2.92 bits per heavy atom. The van der Waals surface area contributed by atoms with Crippen molar-refractivity contribution in [3.05, 3.63) is 23.3 Å². The van der Waals surface area contributed by atoms with Crippen LogP contribution in [0.5, 0.6) is 11.5 Å². The molecule has 3 atom stereocenters. The number of thioether (sulfide) groups is 1. The Morgan fingerprint density at radius 1 is 1.38 bits per heavy atom. The minimum absolute atomic E-state index is 0.0830. The molecule has 0 saturated carbocycles. The third-order valence-corrected chi connectivity index (χ3v) is 6.43. The molecule has 0 unspecified atom stereocenters. The van der Waals surface area contributed by atoms with Crippen molar-refractivity contribution in [1.29, 1.82) is 0 Å². The lowest BCUT2D eigenvalue weighted by Crippen LogP contribution is -2.47. The number of carbonyl (C=O) groups is 2. The number of carbonyl (C=O) groups excluding carboxylic acids is 2. The number of amides is 2. The molecular weight excluding hydrogens is 356 g/mol. The standard InChI is InChI=1S/C18H22N2O5S/c1-23-13-6-5-11-14(15(13)24-2)17(22)20-12(9-26-18(11)20)16(21)19-8-10-4-3-7-25-10/h5-6,10,12,18H,3-4,7-9H2,1-2H3,(H,19,21)/t10-,12-,18-/m0/s1. The van der Waals surface area contributed by atoms with Gasteiger partial charge in [0.05, 0.1) is 25.9 Å². The Labute approximate surface area is 156 Å². The van der Waals surface area contributed by atoms with E-state index in [1.165, 1.54) is 7.11 Å². The molecule has 8 heteroatoms. The molecule has 1 N–H and O–H groups in total. The first-order valence-electron chi connectivity index (χ1n) is 8.74. The van der Waals surface area contributed by atoms with Crippen molar-refractivity contribution in [3.63, 3.8) is 0 Å². The van der Waals surface area contributed by atoms with Crippen LogP contribution in [0.25, 0.3) is 0 Å². The van der Waals surface area contributed by atoms with Gasteiger partial charge in [0, 0.05) is 24.5 Å². The normalized spacial score (nSPS) is 26.6. The number of benzene rings is 1. The minimum Gasteiger partial charge on any atom is -0.493 e. The zero-order chi connectivity index (χ0) is 18.3. The molecular formula is C18H22N2O5S. The van der Waals surface area contributed by atoms with E-state index in [-0.39, 0.29) is 23.3 Å². The predicted octanol–water partition coefficient (Wildman–Crippen LogP) is 1.57. The van der Waals surface area contributed by atoms with Gasteiger partial charge in [0.1, 0.15) is 11.4 Å². The highest BCUT2D eigenvalue weighted by atomic mass is 32.2. The van der Waals surface area contributed by atoms with E-state index in [1.807, 2.05) is 6.07 Å². The van der Waals surface area contributed by atoms with Gasteiger partial charge in [0.2, 0.25) is 5.91 Å². The zero-order valence-electron chi connectivity index (χ0n) is 14.8. The molecule has 1 aromatic rings. The quantitative estimate of drug-likeness (QED) is 0.838. The van der Waals surface area contributed by atoms with Gasteiger partial charge >= 0.3 is 0 Å². The van der Waals surface area contributed by atoms with Crippen molar-refractivity contribution in [1.82, 2.24) is 10.2 Å². The van der Waals surface area contributed by atoms with Gasteiger partial charge in [-0.05, 0) is 18.9 Å². The fourth-order valence-corrected chi connectivity index (χ4v) is 5.29. The second kappa shape index (κ2) is 7.00. The molecule has 0 aliphatic carbocycles. The van der Waals surface area contributed by atoms with Gasteiger partial charge in [-0.25, -0.2) is 0 Å². The monoisotopic (exact) mass is 378 g/mol. The molecule has 0 radical (unpaired) electrons. The van der Waals surface area contributed by atoms with Gasteiger partial charge < -0.3 is 24.4 Å². The highest BCUT2D eigenvalue weighted by molar-refractivity contribution is 7.99. The van der Waals surface area contributed by atoms with Crippen LogP contribution in [0.15, 0.2) is 12.1 Å². The van der Waals surface area contributed by atoms with Crippen LogP contribution >= 0.6 is 11.8 Å². The summed E-state index contributed by atoms with van der Waals surface area (Å²) in [6.07, 6.45) is 2.08. The fraction of sp³-hybridized carbons (Fsp3) is 0.556. The van der Waals surface area contributed by atoms with Crippen LogP contribution in [0, 0.1) is 0 Å². The Bertz CT molecular complexity index is 735. The van der Waals surface area contributed by atoms with Crippen molar-refractivity contribution in [2.45, 2.75) is 30.4 Å². The van der Waals surface area contributed by atoms with Crippen LogP contribution < -0.4 is 14.8 Å². The maximum Gasteiger partial charge on any atom is 0.260 e. The average molecular weight is 378 g/mol. The summed E-state index contributed by atoms with van der Waals surface area (Å²) in [5.74, 6) is 1.24. The molecule has 7 nitrogen and oxygen atoms in total. The minimum atomic E-state index is -0.484. The van der Waals surface area contributed by atoms with Crippen LogP contribution in [0.1, 0.15) is 34.1 Å². The lowest BCUT2D eigenvalue weighted by molar-refractivity contribution is -0.125. The highest BCUT2D eigenvalue weighted by Gasteiger charge is 2.50.